The molecular formula is C19H36O2. The molecule has 0 amide bonds. The minimum atomic E-state index is 0.0211. The Kier molecular flexibility index (Phi) is 10.6. The van der Waals surface area contributed by atoms with E-state index in [4.69, 9.17) is 4.74 Å². The highest BCUT2D eigenvalue weighted by Gasteiger charge is 2.18. The van der Waals surface area contributed by atoms with Crippen LogP contribution >= 0.6 is 0 Å². The van der Waals surface area contributed by atoms with Gasteiger partial charge in [0.15, 0.2) is 0 Å². The van der Waals surface area contributed by atoms with E-state index >= 15 is 0 Å². The quantitative estimate of drug-likeness (QED) is 0.351. The maximum absolute atomic E-state index is 11.6. The van der Waals surface area contributed by atoms with Crippen molar-refractivity contribution in [1.82, 2.24) is 0 Å². The topological polar surface area (TPSA) is 26.3 Å². The molecule has 0 atom stereocenters. The van der Waals surface area contributed by atoms with E-state index in [0.717, 1.165) is 24.7 Å². The van der Waals surface area contributed by atoms with Gasteiger partial charge in [0.25, 0.3) is 0 Å². The minimum Gasteiger partial charge on any atom is -0.466 e. The summed E-state index contributed by atoms with van der Waals surface area (Å²) in [6.07, 6.45) is 15.8. The minimum absolute atomic E-state index is 0.0211. The van der Waals surface area contributed by atoms with E-state index < -0.39 is 0 Å². The summed E-state index contributed by atoms with van der Waals surface area (Å²) in [7, 11) is 0. The van der Waals surface area contributed by atoms with Gasteiger partial charge in [-0.3, -0.25) is 4.79 Å². The fourth-order valence-electron chi connectivity index (χ4n) is 3.29. The van der Waals surface area contributed by atoms with E-state index in [1.807, 2.05) is 0 Å². The number of unbranched alkanes of at least 4 members (excludes halogenated alkanes) is 5. The molecule has 0 aliphatic heterocycles. The van der Waals surface area contributed by atoms with E-state index in [2.05, 4.69) is 13.8 Å². The molecule has 1 rings (SSSR count). The first kappa shape index (κ1) is 18.5. The zero-order valence-corrected chi connectivity index (χ0v) is 14.4. The van der Waals surface area contributed by atoms with Crippen LogP contribution in [0.15, 0.2) is 0 Å². The van der Waals surface area contributed by atoms with Crippen molar-refractivity contribution in [1.29, 1.82) is 0 Å². The normalized spacial score (nSPS) is 22.2. The Hall–Kier alpha value is -0.530. The Morgan fingerprint density at radius 2 is 1.62 bits per heavy atom. The largest absolute Gasteiger partial charge is 0.466 e. The number of ether oxygens (including phenoxy) is 1. The lowest BCUT2D eigenvalue weighted by Gasteiger charge is -2.25. The van der Waals surface area contributed by atoms with Crippen LogP contribution in [0.2, 0.25) is 0 Å². The molecule has 0 N–H and O–H groups in total. The first-order valence-corrected chi connectivity index (χ1v) is 9.38. The molecule has 0 spiro atoms. The van der Waals surface area contributed by atoms with Crippen LogP contribution in [0.4, 0.5) is 0 Å². The van der Waals surface area contributed by atoms with Crippen molar-refractivity contribution in [3.05, 3.63) is 0 Å². The van der Waals surface area contributed by atoms with Gasteiger partial charge in [-0.15, -0.1) is 0 Å². The molecule has 21 heavy (non-hydrogen) atoms. The molecule has 0 radical (unpaired) electrons. The average Bonchev–Trinajstić information content (AvgIpc) is 2.48. The van der Waals surface area contributed by atoms with Gasteiger partial charge < -0.3 is 4.74 Å². The summed E-state index contributed by atoms with van der Waals surface area (Å²) < 4.78 is 5.32. The highest BCUT2D eigenvalue weighted by molar-refractivity contribution is 5.69. The third-order valence-electron chi connectivity index (χ3n) is 4.89. The highest BCUT2D eigenvalue weighted by Crippen LogP contribution is 2.31. The Morgan fingerprint density at radius 3 is 2.33 bits per heavy atom. The monoisotopic (exact) mass is 296 g/mol. The van der Waals surface area contributed by atoms with E-state index in [0.29, 0.717) is 13.0 Å². The third kappa shape index (κ3) is 9.92. The molecule has 0 aromatic carbocycles. The number of carbonyl (C=O) groups excluding carboxylic acids is 1. The van der Waals surface area contributed by atoms with Crippen LogP contribution < -0.4 is 0 Å². The first-order chi connectivity index (χ1) is 10.2. The fraction of sp³-hybridized carbons (Fsp3) is 0.947. The highest BCUT2D eigenvalue weighted by atomic mass is 16.5. The molecule has 0 aromatic heterocycles. The van der Waals surface area contributed by atoms with Gasteiger partial charge in [-0.1, -0.05) is 71.6 Å². The fourth-order valence-corrected chi connectivity index (χ4v) is 3.29. The molecule has 1 saturated carbocycles. The first-order valence-electron chi connectivity index (χ1n) is 9.38. The average molecular weight is 296 g/mol. The van der Waals surface area contributed by atoms with Gasteiger partial charge in [-0.2, -0.15) is 0 Å². The second kappa shape index (κ2) is 12.1. The summed E-state index contributed by atoms with van der Waals surface area (Å²) in [5, 5.41) is 0. The summed E-state index contributed by atoms with van der Waals surface area (Å²) in [6.45, 7) is 5.22. The van der Waals surface area contributed by atoms with Gasteiger partial charge in [0.1, 0.15) is 0 Å². The van der Waals surface area contributed by atoms with E-state index in [1.54, 1.807) is 0 Å². The van der Waals surface area contributed by atoms with Crippen LogP contribution in [-0.4, -0.2) is 12.6 Å². The van der Waals surface area contributed by atoms with Crippen LogP contribution in [0.1, 0.15) is 97.3 Å². The third-order valence-corrected chi connectivity index (χ3v) is 4.89. The van der Waals surface area contributed by atoms with Crippen molar-refractivity contribution in [2.45, 2.75) is 97.3 Å². The molecule has 2 nitrogen and oxygen atoms in total. The summed E-state index contributed by atoms with van der Waals surface area (Å²) in [5.74, 6) is 1.81. The Labute approximate surface area is 132 Å². The maximum atomic E-state index is 11.6. The van der Waals surface area contributed by atoms with Crippen LogP contribution in [0.25, 0.3) is 0 Å². The number of hydrogen-bond acceptors (Lipinski definition) is 2. The van der Waals surface area contributed by atoms with Gasteiger partial charge in [-0.25, -0.2) is 0 Å². The molecule has 1 aliphatic carbocycles. The number of rotatable bonds is 11. The van der Waals surface area contributed by atoms with Crippen molar-refractivity contribution in [2.24, 2.45) is 11.8 Å². The van der Waals surface area contributed by atoms with Crippen LogP contribution in [0, 0.1) is 11.8 Å². The van der Waals surface area contributed by atoms with Crippen LogP contribution in [-0.2, 0) is 9.53 Å². The lowest BCUT2D eigenvalue weighted by atomic mass is 9.81. The van der Waals surface area contributed by atoms with E-state index in [9.17, 15) is 4.79 Å². The summed E-state index contributed by atoms with van der Waals surface area (Å²) in [4.78, 5) is 11.6. The molecule has 1 aliphatic rings. The second-order valence-corrected chi connectivity index (χ2v) is 7.01. The standard InChI is InChI=1S/C19H36O2/c1-3-4-5-6-7-8-16-21-19(20)11-9-10-18-14-12-17(2)13-15-18/h17-18H,3-16H2,1-2H3. The zero-order valence-electron chi connectivity index (χ0n) is 14.4. The van der Waals surface area contributed by atoms with Crippen molar-refractivity contribution in [2.75, 3.05) is 6.61 Å². The molecule has 2 heteroatoms. The van der Waals surface area contributed by atoms with Crippen molar-refractivity contribution >= 4 is 5.97 Å². The van der Waals surface area contributed by atoms with Crippen molar-refractivity contribution in [3.8, 4) is 0 Å². The van der Waals surface area contributed by atoms with Crippen molar-refractivity contribution in [3.63, 3.8) is 0 Å². The predicted octanol–water partition coefficient (Wildman–Crippen LogP) is 5.89. The van der Waals surface area contributed by atoms with Gasteiger partial charge in [-0.05, 0) is 31.1 Å². The lowest BCUT2D eigenvalue weighted by molar-refractivity contribution is -0.143. The zero-order chi connectivity index (χ0) is 15.3. The molecule has 124 valence electrons. The van der Waals surface area contributed by atoms with Crippen molar-refractivity contribution < 1.29 is 9.53 Å². The van der Waals surface area contributed by atoms with Crippen LogP contribution in [0.3, 0.4) is 0 Å². The SMILES string of the molecule is CCCCCCCCOC(=O)CCCC1CCC(C)CC1. The summed E-state index contributed by atoms with van der Waals surface area (Å²) in [6, 6.07) is 0. The molecule has 1 fully saturated rings. The molecular weight excluding hydrogens is 260 g/mol. The molecule has 0 heterocycles. The Bertz CT molecular complexity index is 254. The predicted molar refractivity (Wildman–Crippen MR) is 89.3 cm³/mol. The van der Waals surface area contributed by atoms with Gasteiger partial charge >= 0.3 is 5.97 Å². The number of carbonyl (C=O) groups is 1. The molecule has 0 unspecified atom stereocenters. The summed E-state index contributed by atoms with van der Waals surface area (Å²) in [5.41, 5.74) is 0. The van der Waals surface area contributed by atoms with Gasteiger partial charge in [0.2, 0.25) is 0 Å². The van der Waals surface area contributed by atoms with E-state index in [-0.39, 0.29) is 5.97 Å². The smallest absolute Gasteiger partial charge is 0.305 e. The van der Waals surface area contributed by atoms with E-state index in [1.165, 1.54) is 64.2 Å². The number of hydrogen-bond donors (Lipinski definition) is 0. The van der Waals surface area contributed by atoms with Gasteiger partial charge in [0.05, 0.1) is 6.61 Å². The summed E-state index contributed by atoms with van der Waals surface area (Å²) >= 11 is 0. The van der Waals surface area contributed by atoms with Gasteiger partial charge in [0, 0.05) is 6.42 Å². The maximum Gasteiger partial charge on any atom is 0.305 e. The molecule has 0 saturated heterocycles. The Balaban J connectivity index is 1.87. The molecule has 0 bridgehead atoms. The molecule has 0 aromatic rings. The lowest BCUT2D eigenvalue weighted by Crippen LogP contribution is -2.13. The Morgan fingerprint density at radius 1 is 0.952 bits per heavy atom. The number of esters is 1. The second-order valence-electron chi connectivity index (χ2n) is 7.01. The van der Waals surface area contributed by atoms with Crippen LogP contribution in [0.5, 0.6) is 0 Å².